The van der Waals surface area contributed by atoms with Crippen LogP contribution in [-0.2, 0) is 13.6 Å². The molecule has 2 heterocycles. The van der Waals surface area contributed by atoms with E-state index >= 15 is 0 Å². The predicted molar refractivity (Wildman–Crippen MR) is 74.9 cm³/mol. The van der Waals surface area contributed by atoms with Crippen LogP contribution in [0.5, 0.6) is 5.88 Å². The quantitative estimate of drug-likeness (QED) is 0.858. The van der Waals surface area contributed by atoms with Crippen molar-refractivity contribution in [3.63, 3.8) is 0 Å². The summed E-state index contributed by atoms with van der Waals surface area (Å²) in [4.78, 5) is 4.35. The van der Waals surface area contributed by atoms with E-state index in [-0.39, 0.29) is 6.10 Å². The van der Waals surface area contributed by atoms with Crippen LogP contribution in [0.3, 0.4) is 0 Å². The van der Waals surface area contributed by atoms with Gasteiger partial charge in [-0.2, -0.15) is 10.1 Å². The fourth-order valence-corrected chi connectivity index (χ4v) is 1.62. The third-order valence-corrected chi connectivity index (χ3v) is 2.61. The molecule has 0 aromatic carbocycles. The van der Waals surface area contributed by atoms with Gasteiger partial charge in [0.15, 0.2) is 0 Å². The molecule has 19 heavy (non-hydrogen) atoms. The van der Waals surface area contributed by atoms with Gasteiger partial charge in [0.25, 0.3) is 0 Å². The molecule has 2 rings (SSSR count). The summed E-state index contributed by atoms with van der Waals surface area (Å²) in [6.07, 6.45) is 1.81. The Morgan fingerprint density at radius 3 is 2.79 bits per heavy atom. The highest BCUT2D eigenvalue weighted by Crippen LogP contribution is 2.22. The van der Waals surface area contributed by atoms with Crippen LogP contribution in [0.25, 0.3) is 0 Å². The van der Waals surface area contributed by atoms with Crippen molar-refractivity contribution in [1.29, 1.82) is 0 Å². The van der Waals surface area contributed by atoms with Crippen LogP contribution in [-0.4, -0.2) is 20.9 Å². The normalized spacial score (nSPS) is 10.7. The van der Waals surface area contributed by atoms with Gasteiger partial charge in [-0.25, -0.2) is 0 Å². The zero-order valence-corrected chi connectivity index (χ0v) is 11.4. The molecule has 0 radical (unpaired) electrons. The molecule has 0 saturated carbocycles. The third kappa shape index (κ3) is 3.37. The van der Waals surface area contributed by atoms with Crippen molar-refractivity contribution in [2.75, 3.05) is 11.1 Å². The number of hydrogen-bond donors (Lipinski definition) is 2. The first-order valence-electron chi connectivity index (χ1n) is 6.20. The monoisotopic (exact) mass is 261 g/mol. The van der Waals surface area contributed by atoms with E-state index in [1.165, 1.54) is 0 Å². The highest BCUT2D eigenvalue weighted by Gasteiger charge is 2.07. The first kappa shape index (κ1) is 13.2. The van der Waals surface area contributed by atoms with Gasteiger partial charge >= 0.3 is 0 Å². The molecule has 0 aliphatic carbocycles. The van der Waals surface area contributed by atoms with Gasteiger partial charge < -0.3 is 15.8 Å². The Balaban J connectivity index is 2.06. The Bertz CT molecular complexity index is 550. The number of nitrogen functional groups attached to an aromatic ring is 1. The maximum Gasteiger partial charge on any atom is 0.239 e. The number of nitrogens with one attached hydrogen (secondary N) is 1. The molecule has 0 atom stereocenters. The number of aryl methyl sites for hydroxylation is 1. The predicted octanol–water partition coefficient (Wildman–Crippen LogP) is 1.80. The van der Waals surface area contributed by atoms with E-state index in [0.717, 1.165) is 11.5 Å². The molecule has 0 amide bonds. The van der Waals surface area contributed by atoms with Gasteiger partial charge in [0.2, 0.25) is 5.88 Å². The zero-order chi connectivity index (χ0) is 13.8. The largest absolute Gasteiger partial charge is 0.473 e. The van der Waals surface area contributed by atoms with E-state index in [0.29, 0.717) is 18.1 Å². The van der Waals surface area contributed by atoms with Crippen LogP contribution >= 0.6 is 0 Å². The summed E-state index contributed by atoms with van der Waals surface area (Å²) in [7, 11) is 1.90. The lowest BCUT2D eigenvalue weighted by molar-refractivity contribution is 0.234. The van der Waals surface area contributed by atoms with Gasteiger partial charge in [0.05, 0.1) is 24.0 Å². The molecule has 0 fully saturated rings. The first-order valence-corrected chi connectivity index (χ1v) is 6.20. The molecule has 3 N–H and O–H groups in total. The van der Waals surface area contributed by atoms with Crippen molar-refractivity contribution >= 4 is 11.5 Å². The van der Waals surface area contributed by atoms with E-state index in [1.54, 1.807) is 12.3 Å². The Morgan fingerprint density at radius 2 is 2.16 bits per heavy atom. The first-order chi connectivity index (χ1) is 9.06. The van der Waals surface area contributed by atoms with E-state index in [2.05, 4.69) is 15.4 Å². The lowest BCUT2D eigenvalue weighted by Crippen LogP contribution is -2.11. The van der Waals surface area contributed by atoms with E-state index in [4.69, 9.17) is 10.5 Å². The maximum atomic E-state index is 5.82. The Hall–Kier alpha value is -2.24. The summed E-state index contributed by atoms with van der Waals surface area (Å²) in [6.45, 7) is 4.53. The maximum absolute atomic E-state index is 5.82. The molecule has 0 aliphatic rings. The van der Waals surface area contributed by atoms with Gasteiger partial charge in [0, 0.05) is 13.2 Å². The summed E-state index contributed by atoms with van der Waals surface area (Å²) in [5.41, 5.74) is 7.44. The van der Waals surface area contributed by atoms with Crippen molar-refractivity contribution in [2.45, 2.75) is 26.5 Å². The molecular formula is C13H19N5O. The topological polar surface area (TPSA) is 78.0 Å². The SMILES string of the molecule is CC(C)Oc1nc(NCc2ccnn2C)ccc1N. The molecule has 0 unspecified atom stereocenters. The molecule has 0 saturated heterocycles. The molecule has 2 aromatic heterocycles. The fourth-order valence-electron chi connectivity index (χ4n) is 1.62. The van der Waals surface area contributed by atoms with Crippen LogP contribution in [0.15, 0.2) is 24.4 Å². The van der Waals surface area contributed by atoms with Crippen LogP contribution < -0.4 is 15.8 Å². The lowest BCUT2D eigenvalue weighted by Gasteiger charge is -2.13. The van der Waals surface area contributed by atoms with Gasteiger partial charge in [0.1, 0.15) is 5.82 Å². The van der Waals surface area contributed by atoms with Gasteiger partial charge in [-0.05, 0) is 32.0 Å². The average Bonchev–Trinajstić information content (AvgIpc) is 2.75. The van der Waals surface area contributed by atoms with Crippen molar-refractivity contribution < 1.29 is 4.74 Å². The lowest BCUT2D eigenvalue weighted by atomic mass is 10.3. The number of rotatable bonds is 5. The van der Waals surface area contributed by atoms with Crippen molar-refractivity contribution in [3.05, 3.63) is 30.1 Å². The number of aromatic nitrogens is 3. The van der Waals surface area contributed by atoms with Gasteiger partial charge in [-0.1, -0.05) is 0 Å². The zero-order valence-electron chi connectivity index (χ0n) is 11.4. The van der Waals surface area contributed by atoms with E-state index in [1.807, 2.05) is 37.7 Å². The Morgan fingerprint density at radius 1 is 1.37 bits per heavy atom. The van der Waals surface area contributed by atoms with Crippen molar-refractivity contribution in [1.82, 2.24) is 14.8 Å². The number of nitrogens with two attached hydrogens (primary N) is 1. The number of ether oxygens (including phenoxy) is 1. The Kier molecular flexibility index (Phi) is 3.89. The fraction of sp³-hybridized carbons (Fsp3) is 0.385. The second kappa shape index (κ2) is 5.60. The van der Waals surface area contributed by atoms with E-state index < -0.39 is 0 Å². The molecule has 6 nitrogen and oxygen atoms in total. The summed E-state index contributed by atoms with van der Waals surface area (Å²) in [5, 5.41) is 7.33. The average molecular weight is 261 g/mol. The molecule has 6 heteroatoms. The second-order valence-electron chi connectivity index (χ2n) is 4.56. The molecule has 0 aliphatic heterocycles. The van der Waals surface area contributed by atoms with Gasteiger partial charge in [-0.15, -0.1) is 0 Å². The number of hydrogen-bond acceptors (Lipinski definition) is 5. The van der Waals surface area contributed by atoms with E-state index in [9.17, 15) is 0 Å². The van der Waals surface area contributed by atoms with Crippen LogP contribution in [0.4, 0.5) is 11.5 Å². The van der Waals surface area contributed by atoms with Crippen molar-refractivity contribution in [2.24, 2.45) is 7.05 Å². The molecular weight excluding hydrogens is 242 g/mol. The molecule has 0 spiro atoms. The molecule has 2 aromatic rings. The third-order valence-electron chi connectivity index (χ3n) is 2.61. The number of nitrogens with zero attached hydrogens (tertiary/aromatic N) is 3. The highest BCUT2D eigenvalue weighted by atomic mass is 16.5. The Labute approximate surface area is 112 Å². The second-order valence-corrected chi connectivity index (χ2v) is 4.56. The summed E-state index contributed by atoms with van der Waals surface area (Å²) in [6, 6.07) is 5.57. The summed E-state index contributed by atoms with van der Waals surface area (Å²) in [5.74, 6) is 1.19. The van der Waals surface area contributed by atoms with Crippen molar-refractivity contribution in [3.8, 4) is 5.88 Å². The highest BCUT2D eigenvalue weighted by molar-refractivity contribution is 5.53. The minimum atomic E-state index is 0.0436. The van der Waals surface area contributed by atoms with Crippen LogP contribution in [0.2, 0.25) is 0 Å². The van der Waals surface area contributed by atoms with Gasteiger partial charge in [-0.3, -0.25) is 4.68 Å². The molecule has 0 bridgehead atoms. The van der Waals surface area contributed by atoms with Crippen LogP contribution in [0.1, 0.15) is 19.5 Å². The number of anilines is 2. The minimum absolute atomic E-state index is 0.0436. The summed E-state index contributed by atoms with van der Waals surface area (Å²) < 4.78 is 7.37. The molecule has 102 valence electrons. The standard InChI is InChI=1S/C13H19N5O/c1-9(2)19-13-11(14)4-5-12(17-13)15-8-10-6-7-16-18(10)3/h4-7,9H,8,14H2,1-3H3,(H,15,17). The minimum Gasteiger partial charge on any atom is -0.473 e. The number of pyridine rings is 1. The van der Waals surface area contributed by atoms with Crippen LogP contribution in [0, 0.1) is 0 Å². The smallest absolute Gasteiger partial charge is 0.239 e. The summed E-state index contributed by atoms with van der Waals surface area (Å²) >= 11 is 0.